The Balaban J connectivity index is 1.72. The zero-order chi connectivity index (χ0) is 17.8. The number of likely N-dealkylation sites (N-methyl/N-ethyl adjacent to an activating group) is 1. The van der Waals surface area contributed by atoms with Crippen LogP contribution < -0.4 is 10.9 Å². The van der Waals surface area contributed by atoms with E-state index in [1.165, 1.54) is 12.8 Å². The maximum absolute atomic E-state index is 12.5. The zero-order valence-electron chi connectivity index (χ0n) is 14.9. The highest BCUT2D eigenvalue weighted by atomic mass is 16.2. The summed E-state index contributed by atoms with van der Waals surface area (Å²) < 4.78 is 0. The number of rotatable bonds is 6. The Labute approximate surface area is 147 Å². The topological polar surface area (TPSA) is 78.1 Å². The minimum Gasteiger partial charge on any atom is -0.352 e. The molecule has 2 aromatic rings. The minimum atomic E-state index is -0.262. The fourth-order valence-corrected chi connectivity index (χ4v) is 3.48. The number of hydrogen-bond donors (Lipinski definition) is 2. The number of carbonyl (C=O) groups excluding carboxylic acids is 1. The van der Waals surface area contributed by atoms with Crippen molar-refractivity contribution in [3.05, 3.63) is 40.4 Å². The van der Waals surface area contributed by atoms with Crippen molar-refractivity contribution in [3.63, 3.8) is 0 Å². The molecule has 0 aliphatic heterocycles. The average Bonchev–Trinajstić information content (AvgIpc) is 3.12. The second kappa shape index (κ2) is 7.78. The van der Waals surface area contributed by atoms with E-state index in [2.05, 4.69) is 15.3 Å². The molecule has 1 aliphatic rings. The Kier molecular flexibility index (Phi) is 5.48. The van der Waals surface area contributed by atoms with E-state index in [9.17, 15) is 9.59 Å². The van der Waals surface area contributed by atoms with Crippen molar-refractivity contribution in [2.24, 2.45) is 0 Å². The third kappa shape index (κ3) is 4.07. The largest absolute Gasteiger partial charge is 0.352 e. The normalized spacial score (nSPS) is 16.4. The summed E-state index contributed by atoms with van der Waals surface area (Å²) in [6.07, 6.45) is 4.53. The van der Waals surface area contributed by atoms with Gasteiger partial charge in [-0.1, -0.05) is 31.9 Å². The molecule has 134 valence electrons. The van der Waals surface area contributed by atoms with Crippen LogP contribution >= 0.6 is 0 Å². The lowest BCUT2D eigenvalue weighted by molar-refractivity contribution is -0.126. The Morgan fingerprint density at radius 1 is 1.36 bits per heavy atom. The van der Waals surface area contributed by atoms with Crippen LogP contribution in [0.2, 0.25) is 0 Å². The van der Waals surface area contributed by atoms with Gasteiger partial charge in [0, 0.05) is 6.04 Å². The van der Waals surface area contributed by atoms with Crippen molar-refractivity contribution in [1.82, 2.24) is 20.2 Å². The lowest BCUT2D eigenvalue weighted by Crippen LogP contribution is -2.47. The quantitative estimate of drug-likeness (QED) is 0.843. The second-order valence-corrected chi connectivity index (χ2v) is 6.76. The number of aromatic amines is 1. The summed E-state index contributed by atoms with van der Waals surface area (Å²) in [6.45, 7) is 5.07. The number of benzene rings is 1. The molecule has 1 amide bonds. The van der Waals surface area contributed by atoms with Crippen molar-refractivity contribution in [1.29, 1.82) is 0 Å². The molecule has 1 aromatic heterocycles. The predicted molar refractivity (Wildman–Crippen MR) is 98.3 cm³/mol. The number of amides is 1. The van der Waals surface area contributed by atoms with Gasteiger partial charge in [0.05, 0.1) is 23.5 Å². The summed E-state index contributed by atoms with van der Waals surface area (Å²) in [4.78, 5) is 34.1. The molecule has 6 nitrogen and oxygen atoms in total. The smallest absolute Gasteiger partial charge is 0.258 e. The molecule has 1 aromatic carbocycles. The summed E-state index contributed by atoms with van der Waals surface area (Å²) in [5.74, 6) is 0.642. The van der Waals surface area contributed by atoms with Crippen LogP contribution in [-0.4, -0.2) is 39.4 Å². The highest BCUT2D eigenvalue weighted by Crippen LogP contribution is 2.18. The van der Waals surface area contributed by atoms with Crippen LogP contribution in [0.15, 0.2) is 29.1 Å². The molecule has 0 radical (unpaired) electrons. The molecule has 1 heterocycles. The summed E-state index contributed by atoms with van der Waals surface area (Å²) in [5.41, 5.74) is 0.542. The molecular formula is C19H26N4O2. The molecule has 6 heteroatoms. The van der Waals surface area contributed by atoms with Crippen molar-refractivity contribution in [2.75, 3.05) is 6.54 Å². The monoisotopic (exact) mass is 342 g/mol. The van der Waals surface area contributed by atoms with Crippen molar-refractivity contribution >= 4 is 16.8 Å². The first-order valence-electron chi connectivity index (χ1n) is 9.11. The minimum absolute atomic E-state index is 0.0527. The first-order chi connectivity index (χ1) is 12.1. The predicted octanol–water partition coefficient (Wildman–Crippen LogP) is 2.19. The van der Waals surface area contributed by atoms with Gasteiger partial charge in [-0.15, -0.1) is 0 Å². The van der Waals surface area contributed by atoms with Crippen LogP contribution in [0.25, 0.3) is 10.9 Å². The van der Waals surface area contributed by atoms with Gasteiger partial charge in [0.2, 0.25) is 5.91 Å². The van der Waals surface area contributed by atoms with Crippen molar-refractivity contribution < 1.29 is 4.79 Å². The maximum Gasteiger partial charge on any atom is 0.258 e. The summed E-state index contributed by atoms with van der Waals surface area (Å²) >= 11 is 0. The molecule has 1 fully saturated rings. The van der Waals surface area contributed by atoms with Crippen molar-refractivity contribution in [2.45, 2.75) is 58.2 Å². The second-order valence-electron chi connectivity index (χ2n) is 6.76. The molecular weight excluding hydrogens is 316 g/mol. The van der Waals surface area contributed by atoms with Crippen LogP contribution in [0.4, 0.5) is 0 Å². The van der Waals surface area contributed by atoms with Gasteiger partial charge in [-0.25, -0.2) is 4.98 Å². The van der Waals surface area contributed by atoms with Gasteiger partial charge >= 0.3 is 0 Å². The van der Waals surface area contributed by atoms with E-state index in [1.807, 2.05) is 36.9 Å². The van der Waals surface area contributed by atoms with E-state index < -0.39 is 0 Å². The molecule has 1 unspecified atom stereocenters. The summed E-state index contributed by atoms with van der Waals surface area (Å²) in [7, 11) is 0. The van der Waals surface area contributed by atoms with Gasteiger partial charge in [-0.2, -0.15) is 0 Å². The van der Waals surface area contributed by atoms with E-state index in [4.69, 9.17) is 0 Å². The van der Waals surface area contributed by atoms with Gasteiger partial charge in [0.1, 0.15) is 5.82 Å². The van der Waals surface area contributed by atoms with Crippen LogP contribution in [0, 0.1) is 0 Å². The first kappa shape index (κ1) is 17.6. The van der Waals surface area contributed by atoms with E-state index in [0.29, 0.717) is 35.9 Å². The van der Waals surface area contributed by atoms with Crippen LogP contribution in [0.3, 0.4) is 0 Å². The van der Waals surface area contributed by atoms with Crippen LogP contribution in [0.5, 0.6) is 0 Å². The maximum atomic E-state index is 12.5. The number of nitrogens with one attached hydrogen (secondary N) is 2. The van der Waals surface area contributed by atoms with Gasteiger partial charge < -0.3 is 10.3 Å². The molecule has 3 rings (SSSR count). The molecule has 0 bridgehead atoms. The number of H-pyrrole nitrogens is 1. The number of aromatic nitrogens is 2. The summed E-state index contributed by atoms with van der Waals surface area (Å²) in [6, 6.07) is 7.34. The lowest BCUT2D eigenvalue weighted by Gasteiger charge is -2.27. The molecule has 0 saturated heterocycles. The number of para-hydroxylation sites is 1. The standard InChI is InChI=1S/C19H26N4O2/c1-3-23(13(2)18(24)20-14-8-4-5-9-14)12-17-21-16-11-7-6-10-15(16)19(25)22-17/h6-7,10-11,13-14H,3-5,8-9,12H2,1-2H3,(H,20,24)(H,21,22,25). The third-order valence-corrected chi connectivity index (χ3v) is 5.05. The first-order valence-corrected chi connectivity index (χ1v) is 9.11. The summed E-state index contributed by atoms with van der Waals surface area (Å²) in [5, 5.41) is 3.73. The molecule has 0 spiro atoms. The Morgan fingerprint density at radius 3 is 2.80 bits per heavy atom. The van der Waals surface area contributed by atoms with Gasteiger partial charge in [-0.3, -0.25) is 14.5 Å². The zero-order valence-corrected chi connectivity index (χ0v) is 14.9. The van der Waals surface area contributed by atoms with Gasteiger partial charge in [0.25, 0.3) is 5.56 Å². The molecule has 2 N–H and O–H groups in total. The Morgan fingerprint density at radius 2 is 2.08 bits per heavy atom. The SMILES string of the molecule is CCN(Cc1nc2ccccc2c(=O)[nH]1)C(C)C(=O)NC1CCCC1. The highest BCUT2D eigenvalue weighted by Gasteiger charge is 2.24. The fourth-order valence-electron chi connectivity index (χ4n) is 3.48. The van der Waals surface area contributed by atoms with Gasteiger partial charge in [0.15, 0.2) is 0 Å². The lowest BCUT2D eigenvalue weighted by atomic mass is 10.2. The molecule has 25 heavy (non-hydrogen) atoms. The van der Waals surface area contributed by atoms with E-state index in [-0.39, 0.29) is 17.5 Å². The Hall–Kier alpha value is -2.21. The number of carbonyl (C=O) groups is 1. The fraction of sp³-hybridized carbons (Fsp3) is 0.526. The average molecular weight is 342 g/mol. The number of hydrogen-bond acceptors (Lipinski definition) is 4. The molecule has 1 saturated carbocycles. The van der Waals surface area contributed by atoms with Crippen LogP contribution in [0.1, 0.15) is 45.4 Å². The number of nitrogens with zero attached hydrogens (tertiary/aromatic N) is 2. The third-order valence-electron chi connectivity index (χ3n) is 5.05. The number of fused-ring (bicyclic) bond motifs is 1. The van der Waals surface area contributed by atoms with E-state index in [0.717, 1.165) is 12.8 Å². The van der Waals surface area contributed by atoms with E-state index >= 15 is 0 Å². The van der Waals surface area contributed by atoms with Crippen molar-refractivity contribution in [3.8, 4) is 0 Å². The molecule has 1 aliphatic carbocycles. The molecule has 1 atom stereocenters. The van der Waals surface area contributed by atoms with Crippen LogP contribution in [-0.2, 0) is 11.3 Å². The Bertz CT molecular complexity index is 795. The highest BCUT2D eigenvalue weighted by molar-refractivity contribution is 5.81. The van der Waals surface area contributed by atoms with E-state index in [1.54, 1.807) is 6.07 Å². The van der Waals surface area contributed by atoms with Gasteiger partial charge in [-0.05, 0) is 38.4 Å².